The minimum Gasteiger partial charge on any atom is -0.352 e. The molecule has 7 rings (SSSR count). The minimum absolute atomic E-state index is 0.0933. The fourth-order valence-corrected chi connectivity index (χ4v) is 6.93. The van der Waals surface area contributed by atoms with Crippen LogP contribution in [-0.2, 0) is 0 Å². The van der Waals surface area contributed by atoms with Crippen molar-refractivity contribution in [3.8, 4) is 0 Å². The van der Waals surface area contributed by atoms with Crippen LogP contribution in [0.5, 0.6) is 0 Å². The van der Waals surface area contributed by atoms with E-state index in [0.29, 0.717) is 21.8 Å². The molecule has 40 heavy (non-hydrogen) atoms. The van der Waals surface area contributed by atoms with Crippen molar-refractivity contribution in [2.24, 2.45) is 5.41 Å². The number of benzene rings is 4. The largest absolute Gasteiger partial charge is 0.352 e. The highest BCUT2D eigenvalue weighted by Gasteiger charge is 2.71. The Kier molecular flexibility index (Phi) is 5.41. The van der Waals surface area contributed by atoms with Gasteiger partial charge in [0.2, 0.25) is 0 Å². The summed E-state index contributed by atoms with van der Waals surface area (Å²) in [4.78, 5) is 45.2. The molecular formula is C33H20ClF2NO3. The summed E-state index contributed by atoms with van der Waals surface area (Å²) in [6.07, 6.45) is 3.34. The molecule has 3 atom stereocenters. The number of fused-ring (bicyclic) bond motifs is 5. The number of carbonyl (C=O) groups excluding carboxylic acids is 3. The second-order valence-electron chi connectivity index (χ2n) is 10.3. The highest BCUT2D eigenvalue weighted by Crippen LogP contribution is 2.61. The first-order valence-corrected chi connectivity index (χ1v) is 13.2. The highest BCUT2D eigenvalue weighted by atomic mass is 35.5. The normalized spacial score (nSPS) is 21.9. The lowest BCUT2D eigenvalue weighted by atomic mass is 9.64. The summed E-state index contributed by atoms with van der Waals surface area (Å²) in [6, 6.07) is 20.8. The van der Waals surface area contributed by atoms with E-state index >= 15 is 4.39 Å². The monoisotopic (exact) mass is 551 g/mol. The standard InChI is InChI=1S/C33H20ClF2NO3/c34-20-12-9-18(10-13-20)30(38)29-28(24-7-3-4-8-25(24)36)33(31(39)22-5-1-2-6-23(22)32(33)40)27-16-11-19-17-21(35)14-15-26(19)37(27)29/h1-17,27-29H/t27-,28+,29-/m0/s1. The summed E-state index contributed by atoms with van der Waals surface area (Å²) in [7, 11) is 0. The van der Waals surface area contributed by atoms with E-state index in [-0.39, 0.29) is 16.7 Å². The van der Waals surface area contributed by atoms with Gasteiger partial charge in [0.05, 0.1) is 6.04 Å². The van der Waals surface area contributed by atoms with Crippen LogP contribution in [0.1, 0.15) is 48.1 Å². The fraction of sp³-hybridized carbons (Fsp3) is 0.121. The predicted octanol–water partition coefficient (Wildman–Crippen LogP) is 6.93. The van der Waals surface area contributed by atoms with Crippen molar-refractivity contribution in [2.75, 3.05) is 4.90 Å². The van der Waals surface area contributed by atoms with E-state index in [4.69, 9.17) is 11.6 Å². The van der Waals surface area contributed by atoms with E-state index in [1.165, 1.54) is 36.4 Å². The molecule has 0 amide bonds. The average Bonchev–Trinajstić information content (AvgIpc) is 3.39. The van der Waals surface area contributed by atoms with Gasteiger partial charge >= 0.3 is 0 Å². The molecule has 0 N–H and O–H groups in total. The summed E-state index contributed by atoms with van der Waals surface area (Å²) < 4.78 is 30.0. The SMILES string of the molecule is O=C(c1ccc(Cl)cc1)[C@@H]1[C@@H](c2ccccc2F)C2(C(=O)c3ccccc3C2=O)[C@@H]2C=Cc3cc(F)ccc3N12. The van der Waals surface area contributed by atoms with Gasteiger partial charge in [0.25, 0.3) is 0 Å². The first-order chi connectivity index (χ1) is 19.3. The number of ketones is 3. The van der Waals surface area contributed by atoms with Gasteiger partial charge in [0, 0.05) is 38.9 Å². The van der Waals surface area contributed by atoms with Crippen LogP contribution in [0.4, 0.5) is 14.5 Å². The third kappa shape index (κ3) is 3.20. The Labute approximate surface area is 233 Å². The molecule has 4 aromatic carbocycles. The Balaban J connectivity index is 1.56. The number of anilines is 1. The van der Waals surface area contributed by atoms with Gasteiger partial charge in [-0.1, -0.05) is 66.2 Å². The van der Waals surface area contributed by atoms with Crippen LogP contribution in [0.25, 0.3) is 6.08 Å². The zero-order valence-electron chi connectivity index (χ0n) is 20.9. The first-order valence-electron chi connectivity index (χ1n) is 12.8. The minimum atomic E-state index is -1.83. The van der Waals surface area contributed by atoms with Gasteiger partial charge in [0.15, 0.2) is 17.3 Å². The molecule has 3 aliphatic rings. The van der Waals surface area contributed by atoms with Crippen molar-refractivity contribution in [1.29, 1.82) is 0 Å². The van der Waals surface area contributed by atoms with E-state index in [1.807, 2.05) is 0 Å². The van der Waals surface area contributed by atoms with Crippen molar-refractivity contribution >= 4 is 40.7 Å². The Morgan fingerprint density at radius 2 is 1.48 bits per heavy atom. The third-order valence-corrected chi connectivity index (χ3v) is 8.66. The Morgan fingerprint density at radius 3 is 2.15 bits per heavy atom. The molecular weight excluding hydrogens is 532 g/mol. The summed E-state index contributed by atoms with van der Waals surface area (Å²) in [5, 5.41) is 0.432. The Hall–Kier alpha value is -4.42. The molecule has 0 radical (unpaired) electrons. The molecule has 0 saturated carbocycles. The third-order valence-electron chi connectivity index (χ3n) is 8.40. The van der Waals surface area contributed by atoms with Gasteiger partial charge in [-0.3, -0.25) is 14.4 Å². The maximum Gasteiger partial charge on any atom is 0.185 e. The molecule has 1 aliphatic carbocycles. The second kappa shape index (κ2) is 8.80. The number of carbonyl (C=O) groups is 3. The van der Waals surface area contributed by atoms with Crippen LogP contribution in [-0.4, -0.2) is 29.4 Å². The number of nitrogens with zero attached hydrogens (tertiary/aromatic N) is 1. The lowest BCUT2D eigenvalue weighted by Gasteiger charge is -2.37. The molecule has 1 fully saturated rings. The summed E-state index contributed by atoms with van der Waals surface area (Å²) in [5.41, 5.74) is 0.0106. The zero-order chi connectivity index (χ0) is 27.8. The van der Waals surface area contributed by atoms with Gasteiger partial charge in [-0.05, 0) is 54.1 Å². The molecule has 7 heteroatoms. The van der Waals surface area contributed by atoms with Crippen LogP contribution < -0.4 is 4.90 Å². The molecule has 1 saturated heterocycles. The van der Waals surface area contributed by atoms with Crippen molar-refractivity contribution in [2.45, 2.75) is 18.0 Å². The van der Waals surface area contributed by atoms with Gasteiger partial charge < -0.3 is 4.90 Å². The summed E-state index contributed by atoms with van der Waals surface area (Å²) >= 11 is 6.10. The van der Waals surface area contributed by atoms with Gasteiger partial charge in [-0.2, -0.15) is 0 Å². The van der Waals surface area contributed by atoms with E-state index in [1.54, 1.807) is 71.6 Å². The summed E-state index contributed by atoms with van der Waals surface area (Å²) in [6.45, 7) is 0. The molecule has 0 unspecified atom stereocenters. The smallest absolute Gasteiger partial charge is 0.185 e. The molecule has 2 heterocycles. The van der Waals surface area contributed by atoms with Crippen molar-refractivity contribution < 1.29 is 23.2 Å². The first kappa shape index (κ1) is 24.6. The van der Waals surface area contributed by atoms with Gasteiger partial charge in [-0.15, -0.1) is 0 Å². The Morgan fingerprint density at radius 1 is 0.825 bits per heavy atom. The van der Waals surface area contributed by atoms with Crippen LogP contribution in [0.2, 0.25) is 5.02 Å². The van der Waals surface area contributed by atoms with Crippen molar-refractivity contribution in [3.63, 3.8) is 0 Å². The van der Waals surface area contributed by atoms with Crippen molar-refractivity contribution in [3.05, 3.63) is 142 Å². The fourth-order valence-electron chi connectivity index (χ4n) is 6.80. The van der Waals surface area contributed by atoms with E-state index in [9.17, 15) is 18.8 Å². The molecule has 1 spiro atoms. The molecule has 4 aromatic rings. The van der Waals surface area contributed by atoms with Crippen LogP contribution in [0.15, 0.2) is 97.1 Å². The maximum atomic E-state index is 15.7. The second-order valence-corrected chi connectivity index (χ2v) is 10.7. The lowest BCUT2D eigenvalue weighted by molar-refractivity contribution is 0.0664. The predicted molar refractivity (Wildman–Crippen MR) is 148 cm³/mol. The van der Waals surface area contributed by atoms with E-state index in [2.05, 4.69) is 0 Å². The molecule has 4 nitrogen and oxygen atoms in total. The lowest BCUT2D eigenvalue weighted by Crippen LogP contribution is -2.48. The number of hydrogen-bond donors (Lipinski definition) is 0. The van der Waals surface area contributed by atoms with Gasteiger partial charge in [0.1, 0.15) is 23.1 Å². The van der Waals surface area contributed by atoms with E-state index in [0.717, 1.165) is 0 Å². The average molecular weight is 552 g/mol. The number of halogens is 3. The number of Topliss-reactive ketones (excluding diaryl/α,β-unsaturated/α-hetero) is 3. The van der Waals surface area contributed by atoms with Crippen LogP contribution >= 0.6 is 11.6 Å². The Bertz CT molecular complexity index is 1750. The molecule has 0 aromatic heterocycles. The van der Waals surface area contributed by atoms with Gasteiger partial charge in [-0.25, -0.2) is 8.78 Å². The quantitative estimate of drug-likeness (QED) is 0.204. The molecule has 2 aliphatic heterocycles. The topological polar surface area (TPSA) is 54.5 Å². The van der Waals surface area contributed by atoms with Crippen LogP contribution in [0.3, 0.4) is 0 Å². The van der Waals surface area contributed by atoms with Crippen molar-refractivity contribution in [1.82, 2.24) is 0 Å². The maximum absolute atomic E-state index is 15.7. The number of hydrogen-bond acceptors (Lipinski definition) is 4. The zero-order valence-corrected chi connectivity index (χ0v) is 21.6. The van der Waals surface area contributed by atoms with Crippen LogP contribution in [0, 0.1) is 17.0 Å². The molecule has 0 bridgehead atoms. The molecule has 196 valence electrons. The highest BCUT2D eigenvalue weighted by molar-refractivity contribution is 6.32. The van der Waals surface area contributed by atoms with E-state index < -0.39 is 52.4 Å². The summed E-state index contributed by atoms with van der Waals surface area (Å²) in [5.74, 6) is -3.61. The number of rotatable bonds is 3.